The molecule has 142 valence electrons. The molecule has 0 aromatic carbocycles. The molecule has 2 aliphatic carbocycles. The lowest BCUT2D eigenvalue weighted by Gasteiger charge is -2.82. The van der Waals surface area contributed by atoms with Crippen molar-refractivity contribution in [2.24, 2.45) is 28.6 Å². The molecule has 0 amide bonds. The fourth-order valence-electron chi connectivity index (χ4n) is 6.50. The highest BCUT2D eigenvalue weighted by Gasteiger charge is 2.80. The smallest absolute Gasteiger partial charge is 0.0401 e. The molecule has 0 radical (unpaired) electrons. The Morgan fingerprint density at radius 3 is 1.88 bits per heavy atom. The van der Waals surface area contributed by atoms with Gasteiger partial charge in [0.1, 0.15) is 0 Å². The summed E-state index contributed by atoms with van der Waals surface area (Å²) < 4.78 is 0. The molecule has 2 N–H and O–H groups in total. The van der Waals surface area contributed by atoms with Crippen LogP contribution in [0.1, 0.15) is 88.0 Å². The SMILES string of the molecule is CCCCNC1(C)C(C)(C)C(C)(C2CC(C)[C@@H]2C)C1(C)NCCC. The van der Waals surface area contributed by atoms with E-state index >= 15 is 0 Å². The van der Waals surface area contributed by atoms with E-state index in [1.54, 1.807) is 0 Å². The van der Waals surface area contributed by atoms with Crippen LogP contribution in [-0.2, 0) is 0 Å². The molecular weight excluding hydrogens is 292 g/mol. The van der Waals surface area contributed by atoms with Gasteiger partial charge in [-0.2, -0.15) is 0 Å². The first-order chi connectivity index (χ1) is 11.0. The molecule has 0 saturated heterocycles. The van der Waals surface area contributed by atoms with Crippen molar-refractivity contribution >= 4 is 0 Å². The minimum Gasteiger partial charge on any atom is -0.309 e. The highest BCUT2D eigenvalue weighted by Crippen LogP contribution is 2.75. The summed E-state index contributed by atoms with van der Waals surface area (Å²) in [6.07, 6.45) is 5.13. The topological polar surface area (TPSA) is 24.1 Å². The molecule has 5 unspecified atom stereocenters. The summed E-state index contributed by atoms with van der Waals surface area (Å²) in [5.41, 5.74) is 0.890. The standard InChI is InChI=1S/C22H44N2/c1-10-12-14-24-21(8)19(5,6)20(7,18-15-16(3)17(18)4)22(21,9)23-13-11-2/h16-18,23-24H,10-15H2,1-9H3/t16?,17-,18?,20?,21?,22?/m0/s1. The van der Waals surface area contributed by atoms with Gasteiger partial charge in [-0.25, -0.2) is 0 Å². The monoisotopic (exact) mass is 336 g/mol. The third-order valence-electron chi connectivity index (χ3n) is 9.22. The summed E-state index contributed by atoms with van der Waals surface area (Å²) in [5, 5.41) is 8.04. The van der Waals surface area contributed by atoms with Gasteiger partial charge in [0.05, 0.1) is 0 Å². The molecular formula is C22H44N2. The second-order valence-corrected chi connectivity index (χ2v) is 9.96. The van der Waals surface area contributed by atoms with Crippen LogP contribution >= 0.6 is 0 Å². The summed E-state index contributed by atoms with van der Waals surface area (Å²) in [5.74, 6) is 2.56. The minimum absolute atomic E-state index is 0.137. The van der Waals surface area contributed by atoms with Gasteiger partial charge in [-0.15, -0.1) is 0 Å². The first kappa shape index (κ1) is 20.2. The second kappa shape index (κ2) is 6.58. The molecule has 24 heavy (non-hydrogen) atoms. The molecule has 2 heteroatoms. The predicted molar refractivity (Wildman–Crippen MR) is 106 cm³/mol. The van der Waals surface area contributed by atoms with E-state index in [1.165, 1.54) is 25.7 Å². The lowest BCUT2D eigenvalue weighted by atomic mass is 9.27. The van der Waals surface area contributed by atoms with Crippen LogP contribution in [0.2, 0.25) is 0 Å². The number of nitrogens with one attached hydrogen (secondary N) is 2. The summed E-state index contributed by atoms with van der Waals surface area (Å²) >= 11 is 0. The molecule has 0 aromatic heterocycles. The molecule has 0 spiro atoms. The molecule has 2 aliphatic rings. The third-order valence-corrected chi connectivity index (χ3v) is 9.22. The van der Waals surface area contributed by atoms with Gasteiger partial charge in [0.2, 0.25) is 0 Å². The number of hydrogen-bond acceptors (Lipinski definition) is 2. The third kappa shape index (κ3) is 2.28. The molecule has 2 saturated carbocycles. The summed E-state index contributed by atoms with van der Waals surface area (Å²) in [4.78, 5) is 0. The Labute approximate surface area is 151 Å². The van der Waals surface area contributed by atoms with Gasteiger partial charge in [-0.3, -0.25) is 0 Å². The van der Waals surface area contributed by atoms with E-state index in [1.807, 2.05) is 0 Å². The Hall–Kier alpha value is -0.0800. The largest absolute Gasteiger partial charge is 0.309 e. The van der Waals surface area contributed by atoms with Crippen molar-refractivity contribution in [1.29, 1.82) is 0 Å². The number of rotatable bonds is 8. The van der Waals surface area contributed by atoms with Gasteiger partial charge >= 0.3 is 0 Å². The van der Waals surface area contributed by atoms with E-state index < -0.39 is 0 Å². The Kier molecular flexibility index (Phi) is 5.55. The Balaban J connectivity index is 2.35. The summed E-state index contributed by atoms with van der Waals surface area (Å²) in [7, 11) is 0. The van der Waals surface area contributed by atoms with E-state index in [2.05, 4.69) is 72.9 Å². The number of unbranched alkanes of at least 4 members (excludes halogenated alkanes) is 1. The predicted octanol–water partition coefficient (Wildman–Crippen LogP) is 5.23. The van der Waals surface area contributed by atoms with Crippen molar-refractivity contribution in [3.63, 3.8) is 0 Å². The van der Waals surface area contributed by atoms with Crippen LogP contribution in [0.25, 0.3) is 0 Å². The van der Waals surface area contributed by atoms with Crippen molar-refractivity contribution in [2.45, 2.75) is 99.1 Å². The average Bonchev–Trinajstić information content (AvgIpc) is 2.55. The maximum absolute atomic E-state index is 4.03. The minimum atomic E-state index is 0.137. The van der Waals surface area contributed by atoms with Gasteiger partial charge in [0.25, 0.3) is 0 Å². The van der Waals surface area contributed by atoms with Crippen molar-refractivity contribution < 1.29 is 0 Å². The van der Waals surface area contributed by atoms with E-state index in [9.17, 15) is 0 Å². The van der Waals surface area contributed by atoms with Crippen LogP contribution in [0.5, 0.6) is 0 Å². The van der Waals surface area contributed by atoms with Crippen LogP contribution < -0.4 is 10.6 Å². The quantitative estimate of drug-likeness (QED) is 0.593. The first-order valence-corrected chi connectivity index (χ1v) is 10.5. The zero-order valence-electron chi connectivity index (χ0n) is 18.0. The molecule has 2 nitrogen and oxygen atoms in total. The first-order valence-electron chi connectivity index (χ1n) is 10.5. The maximum atomic E-state index is 4.03. The summed E-state index contributed by atoms with van der Waals surface area (Å²) in [6.45, 7) is 24.4. The van der Waals surface area contributed by atoms with Crippen LogP contribution in [0, 0.1) is 28.6 Å². The van der Waals surface area contributed by atoms with Crippen LogP contribution in [0.3, 0.4) is 0 Å². The fourth-order valence-corrected chi connectivity index (χ4v) is 6.50. The van der Waals surface area contributed by atoms with Crippen molar-refractivity contribution in [2.75, 3.05) is 13.1 Å². The van der Waals surface area contributed by atoms with Crippen LogP contribution in [0.4, 0.5) is 0 Å². The Morgan fingerprint density at radius 2 is 1.42 bits per heavy atom. The Bertz CT molecular complexity index is 445. The lowest BCUT2D eigenvalue weighted by Crippen LogP contribution is -2.93. The van der Waals surface area contributed by atoms with Gasteiger partial charge in [-0.05, 0) is 74.8 Å². The highest BCUT2D eigenvalue weighted by atomic mass is 15.2. The molecule has 2 fully saturated rings. The lowest BCUT2D eigenvalue weighted by molar-refractivity contribution is -0.284. The van der Waals surface area contributed by atoms with Gasteiger partial charge in [-0.1, -0.05) is 54.9 Å². The van der Waals surface area contributed by atoms with Crippen molar-refractivity contribution in [1.82, 2.24) is 10.6 Å². The van der Waals surface area contributed by atoms with Crippen molar-refractivity contribution in [3.05, 3.63) is 0 Å². The van der Waals surface area contributed by atoms with Crippen molar-refractivity contribution in [3.8, 4) is 0 Å². The van der Waals surface area contributed by atoms with Gasteiger partial charge < -0.3 is 10.6 Å². The zero-order chi connectivity index (χ0) is 18.4. The zero-order valence-corrected chi connectivity index (χ0v) is 18.0. The fraction of sp³-hybridized carbons (Fsp3) is 1.00. The van der Waals surface area contributed by atoms with Crippen LogP contribution in [-0.4, -0.2) is 24.2 Å². The molecule has 6 atom stereocenters. The molecule has 0 heterocycles. The molecule has 0 bridgehead atoms. The van der Waals surface area contributed by atoms with E-state index in [0.717, 1.165) is 30.8 Å². The molecule has 0 aliphatic heterocycles. The van der Waals surface area contributed by atoms with Gasteiger partial charge in [0, 0.05) is 11.1 Å². The maximum Gasteiger partial charge on any atom is 0.0401 e. The van der Waals surface area contributed by atoms with Crippen LogP contribution in [0.15, 0.2) is 0 Å². The number of hydrogen-bond donors (Lipinski definition) is 2. The Morgan fingerprint density at radius 1 is 0.833 bits per heavy atom. The summed E-state index contributed by atoms with van der Waals surface area (Å²) in [6, 6.07) is 0. The van der Waals surface area contributed by atoms with E-state index in [0.29, 0.717) is 5.41 Å². The molecule has 0 aromatic rings. The normalized spacial score (nSPS) is 47.1. The van der Waals surface area contributed by atoms with Gasteiger partial charge in [0.15, 0.2) is 0 Å². The molecule has 2 rings (SSSR count). The second-order valence-electron chi connectivity index (χ2n) is 9.96. The van der Waals surface area contributed by atoms with E-state index in [4.69, 9.17) is 0 Å². The highest BCUT2D eigenvalue weighted by molar-refractivity contribution is 5.36. The average molecular weight is 337 g/mol. The van der Waals surface area contributed by atoms with E-state index in [-0.39, 0.29) is 16.5 Å².